The van der Waals surface area contributed by atoms with Crippen molar-refractivity contribution in [3.63, 3.8) is 0 Å². The topological polar surface area (TPSA) is 72.2 Å². The van der Waals surface area contributed by atoms with Gasteiger partial charge in [-0.05, 0) is 38.0 Å². The summed E-state index contributed by atoms with van der Waals surface area (Å²) in [4.78, 5) is 20.9. The minimum atomic E-state index is -0.204. The van der Waals surface area contributed by atoms with Gasteiger partial charge in [0.25, 0.3) is 11.7 Å². The summed E-state index contributed by atoms with van der Waals surface area (Å²) >= 11 is 0. The fraction of sp³-hybridized carbons (Fsp3) is 0.250. The van der Waals surface area contributed by atoms with Gasteiger partial charge in [-0.15, -0.1) is 0 Å². The van der Waals surface area contributed by atoms with Crippen LogP contribution in [0.2, 0.25) is 0 Å². The van der Waals surface area contributed by atoms with E-state index in [9.17, 15) is 4.79 Å². The molecule has 1 N–H and O–H groups in total. The second kappa shape index (κ2) is 5.55. The highest BCUT2D eigenvalue weighted by Crippen LogP contribution is 2.13. The predicted molar refractivity (Wildman–Crippen MR) is 84.0 cm³/mol. The van der Waals surface area contributed by atoms with Crippen molar-refractivity contribution in [3.8, 4) is 0 Å². The van der Waals surface area contributed by atoms with E-state index in [1.807, 2.05) is 24.3 Å². The van der Waals surface area contributed by atoms with Crippen molar-refractivity contribution in [3.05, 3.63) is 53.1 Å². The van der Waals surface area contributed by atoms with Crippen molar-refractivity contribution in [2.45, 2.75) is 27.2 Å². The van der Waals surface area contributed by atoms with Crippen LogP contribution in [0.1, 0.15) is 34.4 Å². The lowest BCUT2D eigenvalue weighted by atomic mass is 10.1. The number of nitrogens with one attached hydrogen (secondary N) is 1. The maximum absolute atomic E-state index is 12.4. The fourth-order valence-corrected chi connectivity index (χ4v) is 2.25. The van der Waals surface area contributed by atoms with Crippen molar-refractivity contribution in [2.24, 2.45) is 0 Å². The van der Waals surface area contributed by atoms with Crippen LogP contribution >= 0.6 is 0 Å². The Hall–Kier alpha value is -2.76. The summed E-state index contributed by atoms with van der Waals surface area (Å²) in [6, 6.07) is 7.81. The minimum absolute atomic E-state index is 0.204. The predicted octanol–water partition coefficient (Wildman–Crippen LogP) is 2.56. The van der Waals surface area contributed by atoms with Gasteiger partial charge < -0.3 is 5.32 Å². The minimum Gasteiger partial charge on any atom is -0.322 e. The van der Waals surface area contributed by atoms with E-state index >= 15 is 0 Å². The van der Waals surface area contributed by atoms with Crippen molar-refractivity contribution in [1.29, 1.82) is 0 Å². The first-order chi connectivity index (χ1) is 10.6. The summed E-state index contributed by atoms with van der Waals surface area (Å²) in [6.07, 6.45) is 2.63. The van der Waals surface area contributed by atoms with Gasteiger partial charge in [0.1, 0.15) is 5.82 Å². The first-order valence-corrected chi connectivity index (χ1v) is 7.17. The summed E-state index contributed by atoms with van der Waals surface area (Å²) < 4.78 is 1.53. The normalized spacial score (nSPS) is 10.9. The molecule has 0 aliphatic rings. The smallest absolute Gasteiger partial charge is 0.259 e. The Labute approximate surface area is 128 Å². The Kier molecular flexibility index (Phi) is 3.58. The number of aryl methyl sites for hydroxylation is 3. The first kappa shape index (κ1) is 14.2. The van der Waals surface area contributed by atoms with E-state index in [0.717, 1.165) is 12.1 Å². The molecule has 3 aromatic rings. The van der Waals surface area contributed by atoms with Crippen LogP contribution in [0.5, 0.6) is 0 Å². The number of carbonyl (C=O) groups excluding carboxylic acids is 1. The highest BCUT2D eigenvalue weighted by Gasteiger charge is 2.13. The number of aromatic nitrogens is 4. The molecule has 2 aromatic heterocycles. The fourth-order valence-electron chi connectivity index (χ4n) is 2.25. The van der Waals surface area contributed by atoms with E-state index in [1.165, 1.54) is 10.1 Å². The van der Waals surface area contributed by atoms with Crippen LogP contribution in [0.25, 0.3) is 5.78 Å². The maximum Gasteiger partial charge on any atom is 0.259 e. The van der Waals surface area contributed by atoms with Gasteiger partial charge >= 0.3 is 0 Å². The average Bonchev–Trinajstić information content (AvgIpc) is 2.86. The Bertz CT molecular complexity index is 836. The third-order valence-corrected chi connectivity index (χ3v) is 3.49. The Balaban J connectivity index is 1.88. The number of benzene rings is 1. The molecule has 0 unspecified atom stereocenters. The van der Waals surface area contributed by atoms with Gasteiger partial charge in [0.15, 0.2) is 0 Å². The Morgan fingerprint density at radius 3 is 2.59 bits per heavy atom. The lowest BCUT2D eigenvalue weighted by molar-refractivity contribution is 0.102. The van der Waals surface area contributed by atoms with Gasteiger partial charge in [0, 0.05) is 11.9 Å². The molecule has 3 rings (SSSR count). The van der Waals surface area contributed by atoms with Crippen molar-refractivity contribution in [2.75, 3.05) is 5.32 Å². The quantitative estimate of drug-likeness (QED) is 0.806. The van der Waals surface area contributed by atoms with Gasteiger partial charge in [-0.1, -0.05) is 19.1 Å². The molecule has 2 heterocycles. The molecule has 0 aliphatic carbocycles. The van der Waals surface area contributed by atoms with Crippen molar-refractivity contribution < 1.29 is 4.79 Å². The van der Waals surface area contributed by atoms with E-state index < -0.39 is 0 Å². The molecule has 6 heteroatoms. The summed E-state index contributed by atoms with van der Waals surface area (Å²) in [5, 5.41) is 7.07. The van der Waals surface area contributed by atoms with Gasteiger partial charge in [0.05, 0.1) is 11.3 Å². The number of amides is 1. The molecule has 112 valence electrons. The molecule has 0 bridgehead atoms. The molecule has 0 spiro atoms. The molecule has 0 saturated carbocycles. The zero-order chi connectivity index (χ0) is 15.7. The molecular formula is C16H17N5O. The van der Waals surface area contributed by atoms with Crippen LogP contribution in [0.4, 0.5) is 5.69 Å². The van der Waals surface area contributed by atoms with Crippen LogP contribution < -0.4 is 5.32 Å². The van der Waals surface area contributed by atoms with Gasteiger partial charge in [-0.25, -0.2) is 9.50 Å². The highest BCUT2D eigenvalue weighted by molar-refractivity contribution is 6.04. The molecule has 22 heavy (non-hydrogen) atoms. The molecule has 1 aromatic carbocycles. The summed E-state index contributed by atoms with van der Waals surface area (Å²) in [7, 11) is 0. The van der Waals surface area contributed by atoms with Crippen LogP contribution in [0.15, 0.2) is 30.5 Å². The lowest BCUT2D eigenvalue weighted by Gasteiger charge is -2.08. The molecule has 0 radical (unpaired) electrons. The number of fused-ring (bicyclic) bond motifs is 1. The molecule has 0 saturated heterocycles. The molecular weight excluding hydrogens is 278 g/mol. The maximum atomic E-state index is 12.4. The zero-order valence-corrected chi connectivity index (χ0v) is 12.8. The molecule has 0 fully saturated rings. The summed E-state index contributed by atoms with van der Waals surface area (Å²) in [5.41, 5.74) is 3.10. The Morgan fingerprint density at radius 1 is 1.18 bits per heavy atom. The molecule has 0 atom stereocenters. The van der Waals surface area contributed by atoms with Crippen LogP contribution in [-0.2, 0) is 6.42 Å². The van der Waals surface area contributed by atoms with Crippen molar-refractivity contribution in [1.82, 2.24) is 19.6 Å². The van der Waals surface area contributed by atoms with Gasteiger partial charge in [0.2, 0.25) is 0 Å². The van der Waals surface area contributed by atoms with E-state index in [2.05, 4.69) is 27.3 Å². The summed E-state index contributed by atoms with van der Waals surface area (Å²) in [6.45, 7) is 5.68. The monoisotopic (exact) mass is 295 g/mol. The van der Waals surface area contributed by atoms with E-state index in [1.54, 1.807) is 20.0 Å². The third kappa shape index (κ3) is 2.67. The lowest BCUT2D eigenvalue weighted by Crippen LogP contribution is -2.15. The van der Waals surface area contributed by atoms with Crippen LogP contribution in [0, 0.1) is 13.8 Å². The highest BCUT2D eigenvalue weighted by atomic mass is 16.1. The number of rotatable bonds is 3. The molecule has 6 nitrogen and oxygen atoms in total. The van der Waals surface area contributed by atoms with E-state index in [0.29, 0.717) is 22.9 Å². The second-order valence-corrected chi connectivity index (χ2v) is 5.15. The first-order valence-electron chi connectivity index (χ1n) is 7.17. The molecule has 0 aliphatic heterocycles. The third-order valence-electron chi connectivity index (χ3n) is 3.49. The zero-order valence-electron chi connectivity index (χ0n) is 12.8. The van der Waals surface area contributed by atoms with Crippen LogP contribution in [-0.4, -0.2) is 25.5 Å². The van der Waals surface area contributed by atoms with Crippen molar-refractivity contribution >= 4 is 17.4 Å². The standard InChI is InChI=1S/C16H17N5O/c1-4-12-5-7-13(8-6-12)19-15(22)14-9-21-16(17-10(14)2)18-11(3)20-21/h5-9H,4H2,1-3H3,(H,19,22). The number of hydrogen-bond acceptors (Lipinski definition) is 4. The average molecular weight is 295 g/mol. The number of nitrogens with zero attached hydrogens (tertiary/aromatic N) is 4. The van der Waals surface area contributed by atoms with Gasteiger partial charge in [-0.3, -0.25) is 4.79 Å². The summed E-state index contributed by atoms with van der Waals surface area (Å²) in [5.74, 6) is 0.919. The number of anilines is 1. The number of carbonyl (C=O) groups is 1. The van der Waals surface area contributed by atoms with E-state index in [4.69, 9.17) is 0 Å². The second-order valence-electron chi connectivity index (χ2n) is 5.15. The largest absolute Gasteiger partial charge is 0.322 e. The SMILES string of the molecule is CCc1ccc(NC(=O)c2cn3nc(C)nc3nc2C)cc1. The van der Waals surface area contributed by atoms with Gasteiger partial charge in [-0.2, -0.15) is 10.1 Å². The Morgan fingerprint density at radius 2 is 1.91 bits per heavy atom. The van der Waals surface area contributed by atoms with Crippen LogP contribution in [0.3, 0.4) is 0 Å². The van der Waals surface area contributed by atoms with E-state index in [-0.39, 0.29) is 5.91 Å². The number of hydrogen-bond donors (Lipinski definition) is 1. The molecule has 1 amide bonds.